The molecule has 7 heteroatoms. The summed E-state index contributed by atoms with van der Waals surface area (Å²) in [6, 6.07) is 9.92. The molecule has 0 radical (unpaired) electrons. The number of benzene rings is 1. The van der Waals surface area contributed by atoms with Crippen molar-refractivity contribution in [2.24, 2.45) is 10.7 Å². The predicted octanol–water partition coefficient (Wildman–Crippen LogP) is 2.17. The quantitative estimate of drug-likeness (QED) is 0.569. The summed E-state index contributed by atoms with van der Waals surface area (Å²) in [6.07, 6.45) is 3.47. The third-order valence-electron chi connectivity index (χ3n) is 3.38. The molecule has 0 unspecified atom stereocenters. The molecule has 0 amide bonds. The van der Waals surface area contributed by atoms with Gasteiger partial charge >= 0.3 is 0 Å². The molecule has 0 aliphatic heterocycles. The lowest BCUT2D eigenvalue weighted by atomic mass is 10.0. The fourth-order valence-electron chi connectivity index (χ4n) is 2.16. The van der Waals surface area contributed by atoms with E-state index in [4.69, 9.17) is 5.73 Å². The maximum atomic E-state index is 5.93. The highest BCUT2D eigenvalue weighted by molar-refractivity contribution is 5.92. The van der Waals surface area contributed by atoms with Gasteiger partial charge in [-0.05, 0) is 29.7 Å². The summed E-state index contributed by atoms with van der Waals surface area (Å²) in [6.45, 7) is 4.60. The molecule has 3 aromatic rings. The first-order valence-corrected chi connectivity index (χ1v) is 7.45. The van der Waals surface area contributed by atoms with Crippen molar-refractivity contribution >= 4 is 17.4 Å². The lowest BCUT2D eigenvalue weighted by molar-refractivity contribution is 0.863. The first kappa shape index (κ1) is 15.0. The zero-order chi connectivity index (χ0) is 16.2. The van der Waals surface area contributed by atoms with Crippen molar-refractivity contribution in [2.45, 2.75) is 26.3 Å². The molecular formula is C16H19N7. The summed E-state index contributed by atoms with van der Waals surface area (Å²) in [4.78, 5) is 12.7. The average Bonchev–Trinajstić information content (AvgIpc) is 2.96. The van der Waals surface area contributed by atoms with Crippen LogP contribution in [0.3, 0.4) is 0 Å². The lowest BCUT2D eigenvalue weighted by Gasteiger charge is -2.09. The molecule has 23 heavy (non-hydrogen) atoms. The van der Waals surface area contributed by atoms with Crippen molar-refractivity contribution in [2.75, 3.05) is 5.32 Å². The number of hydrogen-bond acceptors (Lipinski definition) is 4. The minimum Gasteiger partial charge on any atom is -0.370 e. The number of aromatic nitrogens is 4. The number of nitrogens with two attached hydrogens (primary N) is 1. The predicted molar refractivity (Wildman–Crippen MR) is 90.3 cm³/mol. The van der Waals surface area contributed by atoms with E-state index in [2.05, 4.69) is 51.4 Å². The Hall–Kier alpha value is -2.96. The van der Waals surface area contributed by atoms with Gasteiger partial charge in [0.2, 0.25) is 0 Å². The van der Waals surface area contributed by atoms with E-state index >= 15 is 0 Å². The molecule has 2 heterocycles. The molecule has 3 rings (SSSR count). The van der Waals surface area contributed by atoms with Crippen molar-refractivity contribution in [1.29, 1.82) is 0 Å². The molecule has 3 N–H and O–H groups in total. The Morgan fingerprint density at radius 3 is 3.00 bits per heavy atom. The van der Waals surface area contributed by atoms with Crippen LogP contribution in [0.5, 0.6) is 0 Å². The van der Waals surface area contributed by atoms with Gasteiger partial charge in [-0.15, -0.1) is 5.10 Å². The van der Waals surface area contributed by atoms with E-state index in [9.17, 15) is 0 Å². The Labute approximate surface area is 134 Å². The van der Waals surface area contributed by atoms with Gasteiger partial charge in [-0.25, -0.2) is 14.5 Å². The van der Waals surface area contributed by atoms with Gasteiger partial charge in [-0.3, -0.25) is 0 Å². The maximum Gasteiger partial charge on any atom is 0.252 e. The van der Waals surface area contributed by atoms with Gasteiger partial charge in [-0.2, -0.15) is 4.98 Å². The SMILES string of the molecule is CC(C)c1cccc(NC(N)=NCc2nc3ncccn3n2)c1. The van der Waals surface area contributed by atoms with E-state index in [1.54, 1.807) is 23.0 Å². The van der Waals surface area contributed by atoms with Crippen LogP contribution in [0.1, 0.15) is 31.2 Å². The average molecular weight is 309 g/mol. The normalized spacial score (nSPS) is 12.0. The van der Waals surface area contributed by atoms with Gasteiger partial charge in [0.15, 0.2) is 11.8 Å². The standard InChI is InChI=1S/C16H19N7/c1-11(2)12-5-3-6-13(9-12)20-15(17)19-10-14-21-16-18-7-4-8-23(16)22-14/h3-9,11H,10H2,1-2H3,(H3,17,19,20). The molecular weight excluding hydrogens is 290 g/mol. The number of rotatable bonds is 4. The van der Waals surface area contributed by atoms with Gasteiger partial charge in [0.25, 0.3) is 5.78 Å². The van der Waals surface area contributed by atoms with Crippen LogP contribution in [0.4, 0.5) is 5.69 Å². The number of fused-ring (bicyclic) bond motifs is 1. The fourth-order valence-corrected chi connectivity index (χ4v) is 2.16. The van der Waals surface area contributed by atoms with Crippen molar-refractivity contribution < 1.29 is 0 Å². The van der Waals surface area contributed by atoms with Gasteiger partial charge < -0.3 is 11.1 Å². The summed E-state index contributed by atoms with van der Waals surface area (Å²) in [5.41, 5.74) is 8.10. The Morgan fingerprint density at radius 2 is 2.22 bits per heavy atom. The van der Waals surface area contributed by atoms with E-state index < -0.39 is 0 Å². The molecule has 7 nitrogen and oxygen atoms in total. The van der Waals surface area contributed by atoms with Crippen molar-refractivity contribution in [1.82, 2.24) is 19.6 Å². The van der Waals surface area contributed by atoms with E-state index in [0.29, 0.717) is 30.0 Å². The van der Waals surface area contributed by atoms with Gasteiger partial charge in [0.1, 0.15) is 6.54 Å². The van der Waals surface area contributed by atoms with Crippen molar-refractivity contribution in [3.05, 3.63) is 54.1 Å². The largest absolute Gasteiger partial charge is 0.370 e. The third-order valence-corrected chi connectivity index (χ3v) is 3.38. The smallest absolute Gasteiger partial charge is 0.252 e. The number of nitrogens with zero attached hydrogens (tertiary/aromatic N) is 5. The molecule has 0 saturated carbocycles. The summed E-state index contributed by atoms with van der Waals surface area (Å²) in [7, 11) is 0. The first-order chi connectivity index (χ1) is 11.1. The molecule has 1 aromatic carbocycles. The van der Waals surface area contributed by atoms with Crippen LogP contribution in [-0.2, 0) is 6.54 Å². The molecule has 0 atom stereocenters. The van der Waals surface area contributed by atoms with Crippen LogP contribution in [0, 0.1) is 0 Å². The zero-order valence-corrected chi connectivity index (χ0v) is 13.1. The maximum absolute atomic E-state index is 5.93. The molecule has 0 bridgehead atoms. The van der Waals surface area contributed by atoms with E-state index in [1.807, 2.05) is 12.1 Å². The molecule has 118 valence electrons. The van der Waals surface area contributed by atoms with Crippen LogP contribution in [0.15, 0.2) is 47.7 Å². The van der Waals surface area contributed by atoms with Crippen LogP contribution in [0.25, 0.3) is 5.78 Å². The van der Waals surface area contributed by atoms with Crippen molar-refractivity contribution in [3.63, 3.8) is 0 Å². The molecule has 0 aliphatic rings. The van der Waals surface area contributed by atoms with Gasteiger partial charge in [-0.1, -0.05) is 26.0 Å². The Bertz CT molecular complexity index is 802. The second-order valence-corrected chi connectivity index (χ2v) is 5.50. The summed E-state index contributed by atoms with van der Waals surface area (Å²) < 4.78 is 1.61. The minimum absolute atomic E-state index is 0.298. The molecule has 0 aliphatic carbocycles. The molecule has 2 aromatic heterocycles. The topological polar surface area (TPSA) is 93.5 Å². The number of guanidine groups is 1. The Balaban J connectivity index is 1.69. The number of hydrogen-bond donors (Lipinski definition) is 2. The fraction of sp³-hybridized carbons (Fsp3) is 0.250. The van der Waals surface area contributed by atoms with Crippen molar-refractivity contribution in [3.8, 4) is 0 Å². The second-order valence-electron chi connectivity index (χ2n) is 5.50. The van der Waals surface area contributed by atoms with Gasteiger partial charge in [0.05, 0.1) is 0 Å². The Kier molecular flexibility index (Phi) is 4.18. The first-order valence-electron chi connectivity index (χ1n) is 7.45. The molecule has 0 saturated heterocycles. The zero-order valence-electron chi connectivity index (χ0n) is 13.1. The number of nitrogens with one attached hydrogen (secondary N) is 1. The van der Waals surface area contributed by atoms with Crippen LogP contribution in [0.2, 0.25) is 0 Å². The molecule has 0 spiro atoms. The highest BCUT2D eigenvalue weighted by Gasteiger charge is 2.04. The summed E-state index contributed by atoms with van der Waals surface area (Å²) >= 11 is 0. The highest BCUT2D eigenvalue weighted by Crippen LogP contribution is 2.18. The lowest BCUT2D eigenvalue weighted by Crippen LogP contribution is -2.22. The summed E-state index contributed by atoms with van der Waals surface area (Å²) in [5, 5.41) is 7.37. The van der Waals surface area contributed by atoms with Crippen LogP contribution in [-0.4, -0.2) is 25.5 Å². The second kappa shape index (κ2) is 6.43. The molecule has 0 fully saturated rings. The van der Waals surface area contributed by atoms with E-state index in [-0.39, 0.29) is 0 Å². The minimum atomic E-state index is 0.298. The van der Waals surface area contributed by atoms with E-state index in [1.165, 1.54) is 5.56 Å². The van der Waals surface area contributed by atoms with Gasteiger partial charge in [0, 0.05) is 18.1 Å². The van der Waals surface area contributed by atoms with Crippen LogP contribution >= 0.6 is 0 Å². The monoisotopic (exact) mass is 309 g/mol. The number of aliphatic imine (C=N–C) groups is 1. The number of anilines is 1. The highest BCUT2D eigenvalue weighted by atomic mass is 15.3. The summed E-state index contributed by atoms with van der Waals surface area (Å²) in [5.74, 6) is 1.92. The van der Waals surface area contributed by atoms with E-state index in [0.717, 1.165) is 5.69 Å². The van der Waals surface area contributed by atoms with Crippen LogP contribution < -0.4 is 11.1 Å². The Morgan fingerprint density at radius 1 is 1.35 bits per heavy atom. The third kappa shape index (κ3) is 3.63.